The van der Waals surface area contributed by atoms with Crippen LogP contribution in [0, 0.1) is 5.82 Å². The number of benzene rings is 2. The molecular weight excluding hydrogens is 229 g/mol. The predicted molar refractivity (Wildman–Crippen MR) is 71.4 cm³/mol. The molecule has 0 radical (unpaired) electrons. The Labute approximate surface area is 106 Å². The molecule has 0 fully saturated rings. The second-order valence-electron chi connectivity index (χ2n) is 3.95. The molecule has 94 valence electrons. The van der Waals surface area contributed by atoms with E-state index >= 15 is 0 Å². The highest BCUT2D eigenvalue weighted by Crippen LogP contribution is 2.10. The van der Waals surface area contributed by atoms with E-state index in [1.807, 2.05) is 36.4 Å². The number of para-hydroxylation sites is 1. The number of nitrogens with one attached hydrogen (secondary N) is 1. The van der Waals surface area contributed by atoms with E-state index < -0.39 is 0 Å². The summed E-state index contributed by atoms with van der Waals surface area (Å²) in [7, 11) is 0. The van der Waals surface area contributed by atoms with Crippen LogP contribution < -0.4 is 10.1 Å². The van der Waals surface area contributed by atoms with E-state index in [0.717, 1.165) is 24.4 Å². The molecule has 0 aromatic heterocycles. The first-order chi connectivity index (χ1) is 8.84. The second kappa shape index (κ2) is 6.64. The lowest BCUT2D eigenvalue weighted by atomic mass is 10.3. The summed E-state index contributed by atoms with van der Waals surface area (Å²) in [6.45, 7) is 1.41. The zero-order valence-corrected chi connectivity index (χ0v) is 10.1. The molecule has 2 nitrogen and oxygen atoms in total. The van der Waals surface area contributed by atoms with Crippen LogP contribution >= 0.6 is 0 Å². The topological polar surface area (TPSA) is 21.3 Å². The first kappa shape index (κ1) is 12.4. The number of hydrogen-bond acceptors (Lipinski definition) is 2. The van der Waals surface area contributed by atoms with Gasteiger partial charge in [-0.15, -0.1) is 0 Å². The van der Waals surface area contributed by atoms with Crippen molar-refractivity contribution in [2.45, 2.75) is 6.42 Å². The lowest BCUT2D eigenvalue weighted by molar-refractivity contribution is 0.315. The van der Waals surface area contributed by atoms with E-state index in [4.69, 9.17) is 4.74 Å². The largest absolute Gasteiger partial charge is 0.494 e. The van der Waals surface area contributed by atoms with Crippen LogP contribution in [0.5, 0.6) is 5.75 Å². The summed E-state index contributed by atoms with van der Waals surface area (Å²) in [5, 5.41) is 3.15. The zero-order chi connectivity index (χ0) is 12.6. The first-order valence-corrected chi connectivity index (χ1v) is 6.02. The van der Waals surface area contributed by atoms with E-state index in [1.54, 1.807) is 6.07 Å². The van der Waals surface area contributed by atoms with Crippen molar-refractivity contribution >= 4 is 5.69 Å². The lowest BCUT2D eigenvalue weighted by Crippen LogP contribution is -2.07. The van der Waals surface area contributed by atoms with Gasteiger partial charge >= 0.3 is 0 Å². The molecule has 18 heavy (non-hydrogen) atoms. The average Bonchev–Trinajstić information content (AvgIpc) is 2.40. The summed E-state index contributed by atoms with van der Waals surface area (Å²) in [6.07, 6.45) is 0.866. The summed E-state index contributed by atoms with van der Waals surface area (Å²) in [4.78, 5) is 0. The molecule has 2 aromatic carbocycles. The van der Waals surface area contributed by atoms with Crippen LogP contribution in [0.1, 0.15) is 6.42 Å². The Balaban J connectivity index is 1.65. The van der Waals surface area contributed by atoms with Crippen LogP contribution in [0.25, 0.3) is 0 Å². The monoisotopic (exact) mass is 245 g/mol. The van der Waals surface area contributed by atoms with Gasteiger partial charge in [0.25, 0.3) is 0 Å². The van der Waals surface area contributed by atoms with Crippen molar-refractivity contribution in [2.75, 3.05) is 18.5 Å². The Hall–Kier alpha value is -2.03. The van der Waals surface area contributed by atoms with Gasteiger partial charge in [-0.05, 0) is 36.8 Å². The highest BCUT2D eigenvalue weighted by atomic mass is 19.1. The maximum Gasteiger partial charge on any atom is 0.125 e. The minimum Gasteiger partial charge on any atom is -0.494 e. The van der Waals surface area contributed by atoms with E-state index in [2.05, 4.69) is 5.32 Å². The highest BCUT2D eigenvalue weighted by Gasteiger charge is 1.95. The van der Waals surface area contributed by atoms with Crippen molar-refractivity contribution < 1.29 is 9.13 Å². The molecule has 0 atom stereocenters. The van der Waals surface area contributed by atoms with E-state index in [9.17, 15) is 4.39 Å². The van der Waals surface area contributed by atoms with Crippen LogP contribution in [0.3, 0.4) is 0 Å². The van der Waals surface area contributed by atoms with Gasteiger partial charge in [0.05, 0.1) is 6.61 Å². The average molecular weight is 245 g/mol. The third-order valence-electron chi connectivity index (χ3n) is 2.49. The molecule has 0 spiro atoms. The van der Waals surface area contributed by atoms with Gasteiger partial charge < -0.3 is 10.1 Å². The number of anilines is 1. The van der Waals surface area contributed by atoms with E-state index in [0.29, 0.717) is 6.61 Å². The summed E-state index contributed by atoms with van der Waals surface area (Å²) >= 11 is 0. The molecular formula is C15H16FNO. The normalized spacial score (nSPS) is 10.1. The van der Waals surface area contributed by atoms with Crippen LogP contribution in [-0.2, 0) is 0 Å². The maximum atomic E-state index is 12.9. The molecule has 0 saturated carbocycles. The zero-order valence-electron chi connectivity index (χ0n) is 10.1. The van der Waals surface area contributed by atoms with Crippen LogP contribution in [-0.4, -0.2) is 13.2 Å². The number of halogens is 1. The SMILES string of the molecule is Fc1cccc(NCCCOc2ccccc2)c1. The third-order valence-corrected chi connectivity index (χ3v) is 2.49. The summed E-state index contributed by atoms with van der Waals surface area (Å²) < 4.78 is 18.5. The van der Waals surface area contributed by atoms with Crippen LogP contribution in [0.4, 0.5) is 10.1 Å². The molecule has 3 heteroatoms. The Morgan fingerprint density at radius 1 is 1.00 bits per heavy atom. The third kappa shape index (κ3) is 4.09. The van der Waals surface area contributed by atoms with Gasteiger partial charge in [0.2, 0.25) is 0 Å². The Morgan fingerprint density at radius 2 is 1.83 bits per heavy atom. The van der Waals surface area contributed by atoms with Crippen molar-refractivity contribution in [3.05, 3.63) is 60.4 Å². The molecule has 2 aromatic rings. The molecule has 1 N–H and O–H groups in total. The molecule has 2 rings (SSSR count). The second-order valence-corrected chi connectivity index (χ2v) is 3.95. The van der Waals surface area contributed by atoms with Crippen LogP contribution in [0.2, 0.25) is 0 Å². The minimum absolute atomic E-state index is 0.222. The lowest BCUT2D eigenvalue weighted by Gasteiger charge is -2.08. The van der Waals surface area contributed by atoms with E-state index in [-0.39, 0.29) is 5.82 Å². The van der Waals surface area contributed by atoms with Gasteiger partial charge in [-0.2, -0.15) is 0 Å². The quantitative estimate of drug-likeness (QED) is 0.783. The van der Waals surface area contributed by atoms with Crippen molar-refractivity contribution in [1.29, 1.82) is 0 Å². The Kier molecular flexibility index (Phi) is 4.59. The standard InChI is InChI=1S/C15H16FNO/c16-13-6-4-7-14(12-13)17-10-5-11-18-15-8-2-1-3-9-15/h1-4,6-9,12,17H,5,10-11H2. The Morgan fingerprint density at radius 3 is 2.61 bits per heavy atom. The van der Waals surface area contributed by atoms with Crippen molar-refractivity contribution in [1.82, 2.24) is 0 Å². The van der Waals surface area contributed by atoms with E-state index in [1.165, 1.54) is 12.1 Å². The van der Waals surface area contributed by atoms with Gasteiger partial charge in [0.15, 0.2) is 0 Å². The van der Waals surface area contributed by atoms with Gasteiger partial charge in [-0.1, -0.05) is 24.3 Å². The molecule has 0 saturated heterocycles. The number of rotatable bonds is 6. The molecule has 0 bridgehead atoms. The molecule has 0 aliphatic heterocycles. The van der Waals surface area contributed by atoms with Gasteiger partial charge in [0, 0.05) is 12.2 Å². The smallest absolute Gasteiger partial charge is 0.125 e. The molecule has 0 unspecified atom stereocenters. The van der Waals surface area contributed by atoms with Crippen LogP contribution in [0.15, 0.2) is 54.6 Å². The fraction of sp³-hybridized carbons (Fsp3) is 0.200. The first-order valence-electron chi connectivity index (χ1n) is 6.02. The van der Waals surface area contributed by atoms with Gasteiger partial charge in [0.1, 0.15) is 11.6 Å². The summed E-state index contributed by atoms with van der Waals surface area (Å²) in [6, 6.07) is 16.2. The van der Waals surface area contributed by atoms with Gasteiger partial charge in [-0.25, -0.2) is 4.39 Å². The van der Waals surface area contributed by atoms with Crippen molar-refractivity contribution in [3.8, 4) is 5.75 Å². The molecule has 0 amide bonds. The summed E-state index contributed by atoms with van der Waals surface area (Å²) in [5.74, 6) is 0.656. The predicted octanol–water partition coefficient (Wildman–Crippen LogP) is 3.71. The highest BCUT2D eigenvalue weighted by molar-refractivity contribution is 5.42. The fourth-order valence-electron chi connectivity index (χ4n) is 1.61. The number of hydrogen-bond donors (Lipinski definition) is 1. The molecule has 0 heterocycles. The molecule has 0 aliphatic rings. The summed E-state index contributed by atoms with van der Waals surface area (Å²) in [5.41, 5.74) is 0.801. The minimum atomic E-state index is -0.222. The Bertz CT molecular complexity index is 473. The van der Waals surface area contributed by atoms with Crippen molar-refractivity contribution in [3.63, 3.8) is 0 Å². The van der Waals surface area contributed by atoms with Crippen molar-refractivity contribution in [2.24, 2.45) is 0 Å². The molecule has 0 aliphatic carbocycles. The van der Waals surface area contributed by atoms with Gasteiger partial charge in [-0.3, -0.25) is 0 Å². The number of ether oxygens (including phenoxy) is 1. The maximum absolute atomic E-state index is 12.9. The fourth-order valence-corrected chi connectivity index (χ4v) is 1.61.